The van der Waals surface area contributed by atoms with Gasteiger partial charge < -0.3 is 4.57 Å². The van der Waals surface area contributed by atoms with E-state index in [4.69, 9.17) is 4.98 Å². The number of benzene rings is 2. The van der Waals surface area contributed by atoms with Gasteiger partial charge in [-0.3, -0.25) is 9.97 Å². The average molecular weight is 373 g/mol. The van der Waals surface area contributed by atoms with Crippen LogP contribution in [0.5, 0.6) is 0 Å². The minimum absolute atomic E-state index is 0.158. The van der Waals surface area contributed by atoms with Crippen LogP contribution in [0.15, 0.2) is 85.3 Å². The molecular formula is C26H19N3. The number of nitrogens with zero attached hydrogens (tertiary/aromatic N) is 3. The highest BCUT2D eigenvalue weighted by atomic mass is 15.0. The monoisotopic (exact) mass is 373 g/mol. The number of pyridine rings is 2. The van der Waals surface area contributed by atoms with Gasteiger partial charge in [0.05, 0.1) is 17.3 Å². The van der Waals surface area contributed by atoms with Crippen molar-refractivity contribution in [2.75, 3.05) is 0 Å². The van der Waals surface area contributed by atoms with Gasteiger partial charge in [-0.1, -0.05) is 48.5 Å². The molecule has 0 N–H and O–H groups in total. The van der Waals surface area contributed by atoms with E-state index in [1.807, 2.05) is 24.7 Å². The summed E-state index contributed by atoms with van der Waals surface area (Å²) in [5.74, 6) is 0. The second kappa shape index (κ2) is 6.14. The van der Waals surface area contributed by atoms with Gasteiger partial charge in [0.15, 0.2) is 0 Å². The smallest absolute Gasteiger partial charge is 0.0951 e. The Kier molecular flexibility index (Phi) is 3.44. The third kappa shape index (κ3) is 2.31. The van der Waals surface area contributed by atoms with Crippen molar-refractivity contribution in [3.05, 3.63) is 108 Å². The van der Waals surface area contributed by atoms with Crippen LogP contribution in [-0.2, 0) is 0 Å². The van der Waals surface area contributed by atoms with Crippen molar-refractivity contribution in [1.82, 2.24) is 14.5 Å². The van der Waals surface area contributed by atoms with Gasteiger partial charge in [-0.25, -0.2) is 0 Å². The molecule has 0 spiro atoms. The number of fused-ring (bicyclic) bond motifs is 4. The Morgan fingerprint density at radius 2 is 1.69 bits per heavy atom. The maximum atomic E-state index is 4.89. The molecule has 0 fully saturated rings. The number of aromatic nitrogens is 3. The normalized spacial score (nSPS) is 16.9. The van der Waals surface area contributed by atoms with Crippen LogP contribution in [0.2, 0.25) is 0 Å². The first kappa shape index (κ1) is 16.3. The summed E-state index contributed by atoms with van der Waals surface area (Å²) in [6.45, 7) is 2.26. The van der Waals surface area contributed by atoms with Gasteiger partial charge in [0.2, 0.25) is 0 Å². The van der Waals surface area contributed by atoms with Crippen molar-refractivity contribution < 1.29 is 0 Å². The fourth-order valence-corrected chi connectivity index (χ4v) is 4.66. The molecule has 138 valence electrons. The van der Waals surface area contributed by atoms with Gasteiger partial charge >= 0.3 is 0 Å². The predicted octanol–water partition coefficient (Wildman–Crippen LogP) is 6.10. The van der Waals surface area contributed by atoms with E-state index in [0.29, 0.717) is 0 Å². The summed E-state index contributed by atoms with van der Waals surface area (Å²) in [6.07, 6.45) is 8.07. The Balaban J connectivity index is 1.81. The fraction of sp³-hybridized carbons (Fsp3) is 0.0769. The first-order valence-corrected chi connectivity index (χ1v) is 9.92. The lowest BCUT2D eigenvalue weighted by molar-refractivity contribution is 0.682. The zero-order valence-corrected chi connectivity index (χ0v) is 16.1. The van der Waals surface area contributed by atoms with Crippen molar-refractivity contribution in [3.8, 4) is 0 Å². The van der Waals surface area contributed by atoms with Gasteiger partial charge in [0, 0.05) is 46.0 Å². The largest absolute Gasteiger partial charge is 0.331 e. The van der Waals surface area contributed by atoms with Crippen LogP contribution in [0.4, 0.5) is 0 Å². The molecule has 2 aromatic carbocycles. The number of hydrogen-bond donors (Lipinski definition) is 0. The molecule has 4 heterocycles. The van der Waals surface area contributed by atoms with Gasteiger partial charge in [0.1, 0.15) is 0 Å². The van der Waals surface area contributed by atoms with E-state index < -0.39 is 0 Å². The van der Waals surface area contributed by atoms with Crippen LogP contribution in [-0.4, -0.2) is 14.5 Å². The van der Waals surface area contributed by atoms with E-state index in [9.17, 15) is 0 Å². The molecule has 1 aliphatic heterocycles. The van der Waals surface area contributed by atoms with Gasteiger partial charge in [-0.2, -0.15) is 0 Å². The lowest BCUT2D eigenvalue weighted by Crippen LogP contribution is -2.07. The topological polar surface area (TPSA) is 30.7 Å². The summed E-state index contributed by atoms with van der Waals surface area (Å²) in [4.78, 5) is 9.36. The molecule has 3 heteroatoms. The molecule has 0 aliphatic carbocycles. The molecule has 6 rings (SSSR count). The number of para-hydroxylation sites is 1. The fourth-order valence-electron chi connectivity index (χ4n) is 4.66. The van der Waals surface area contributed by atoms with Crippen molar-refractivity contribution in [3.63, 3.8) is 0 Å². The van der Waals surface area contributed by atoms with Crippen LogP contribution in [0.3, 0.4) is 0 Å². The number of rotatable bonds is 1. The van der Waals surface area contributed by atoms with Gasteiger partial charge in [0.25, 0.3) is 0 Å². The van der Waals surface area contributed by atoms with Crippen molar-refractivity contribution in [1.29, 1.82) is 0 Å². The lowest BCUT2D eigenvalue weighted by atomic mass is 9.94. The molecule has 0 bridgehead atoms. The van der Waals surface area contributed by atoms with Crippen molar-refractivity contribution in [2.45, 2.75) is 13.0 Å². The standard InChI is InChI=1S/C26H19N3/c1-17-23-16-27-13-11-19(23)22(15-18-7-3-2-4-8-18)25-26-21(12-14-28-25)20-9-5-6-10-24(20)29(17)26/h2-17H,1H3/b22-15+. The highest BCUT2D eigenvalue weighted by Crippen LogP contribution is 2.43. The molecule has 1 atom stereocenters. The third-order valence-electron chi connectivity index (χ3n) is 5.96. The third-order valence-corrected chi connectivity index (χ3v) is 5.96. The average Bonchev–Trinajstić information content (AvgIpc) is 3.08. The Labute approximate surface area is 169 Å². The Morgan fingerprint density at radius 1 is 0.862 bits per heavy atom. The molecule has 0 amide bonds. The first-order chi connectivity index (χ1) is 14.3. The maximum absolute atomic E-state index is 4.89. The highest BCUT2D eigenvalue weighted by molar-refractivity contribution is 6.13. The van der Waals surface area contributed by atoms with E-state index >= 15 is 0 Å². The van der Waals surface area contributed by atoms with E-state index in [1.54, 1.807) is 0 Å². The summed E-state index contributed by atoms with van der Waals surface area (Å²) in [6, 6.07) is 23.5. The first-order valence-electron chi connectivity index (χ1n) is 9.92. The van der Waals surface area contributed by atoms with Gasteiger partial charge in [-0.15, -0.1) is 0 Å². The molecule has 3 aromatic heterocycles. The molecular weight excluding hydrogens is 354 g/mol. The van der Waals surface area contributed by atoms with Crippen LogP contribution in [0, 0.1) is 0 Å². The van der Waals surface area contributed by atoms with Crippen molar-refractivity contribution in [2.24, 2.45) is 0 Å². The second-order valence-electron chi connectivity index (χ2n) is 7.55. The summed E-state index contributed by atoms with van der Waals surface area (Å²) in [5, 5.41) is 2.52. The van der Waals surface area contributed by atoms with Crippen molar-refractivity contribution >= 4 is 33.5 Å². The molecule has 5 aromatic rings. The maximum Gasteiger partial charge on any atom is 0.0951 e. The minimum Gasteiger partial charge on any atom is -0.331 e. The summed E-state index contributed by atoms with van der Waals surface area (Å²) in [5.41, 5.74) is 8.19. The molecule has 1 aliphatic rings. The second-order valence-corrected chi connectivity index (χ2v) is 7.55. The summed E-state index contributed by atoms with van der Waals surface area (Å²) in [7, 11) is 0. The molecule has 3 nitrogen and oxygen atoms in total. The quantitative estimate of drug-likeness (QED) is 0.356. The highest BCUT2D eigenvalue weighted by Gasteiger charge is 2.27. The lowest BCUT2D eigenvalue weighted by Gasteiger charge is -2.17. The molecule has 0 saturated heterocycles. The molecule has 0 saturated carbocycles. The Bertz CT molecular complexity index is 1410. The van der Waals surface area contributed by atoms with Gasteiger partial charge in [-0.05, 0) is 42.3 Å². The van der Waals surface area contributed by atoms with E-state index in [2.05, 4.69) is 83.2 Å². The SMILES string of the molecule is CC1c2cnccc2/C(=C\c2ccccc2)c2nccc3c4ccccc4n1c23. The summed E-state index contributed by atoms with van der Waals surface area (Å²) >= 11 is 0. The van der Waals surface area contributed by atoms with E-state index in [0.717, 1.165) is 11.3 Å². The minimum atomic E-state index is 0.158. The zero-order chi connectivity index (χ0) is 19.4. The predicted molar refractivity (Wildman–Crippen MR) is 119 cm³/mol. The molecule has 29 heavy (non-hydrogen) atoms. The number of hydrogen-bond acceptors (Lipinski definition) is 2. The molecule has 1 unspecified atom stereocenters. The van der Waals surface area contributed by atoms with Crippen LogP contribution < -0.4 is 0 Å². The van der Waals surface area contributed by atoms with E-state index in [1.165, 1.54) is 38.5 Å². The zero-order valence-electron chi connectivity index (χ0n) is 16.1. The van der Waals surface area contributed by atoms with E-state index in [-0.39, 0.29) is 6.04 Å². The Hall–Kier alpha value is -3.72. The Morgan fingerprint density at radius 3 is 2.59 bits per heavy atom. The summed E-state index contributed by atoms with van der Waals surface area (Å²) < 4.78 is 2.43. The van der Waals surface area contributed by atoms with Crippen LogP contribution in [0.25, 0.3) is 33.5 Å². The molecule has 0 radical (unpaired) electrons. The van der Waals surface area contributed by atoms with Crippen LogP contribution >= 0.6 is 0 Å². The van der Waals surface area contributed by atoms with Crippen LogP contribution in [0.1, 0.15) is 35.3 Å².